The second kappa shape index (κ2) is 5.18. The lowest BCUT2D eigenvalue weighted by Crippen LogP contribution is -2.11. The van der Waals surface area contributed by atoms with Crippen LogP contribution >= 0.6 is 11.6 Å². The van der Waals surface area contributed by atoms with E-state index in [1.807, 2.05) is 6.92 Å². The van der Waals surface area contributed by atoms with Crippen molar-refractivity contribution < 1.29 is 0 Å². The number of hydrogen-bond donors (Lipinski definition) is 2. The van der Waals surface area contributed by atoms with Gasteiger partial charge in [-0.2, -0.15) is 5.10 Å². The zero-order chi connectivity index (χ0) is 12.3. The molecule has 2 aromatic heterocycles. The van der Waals surface area contributed by atoms with E-state index in [2.05, 4.69) is 20.5 Å². The van der Waals surface area contributed by atoms with E-state index in [1.165, 1.54) is 10.7 Å². The molecule has 0 spiro atoms. The van der Waals surface area contributed by atoms with Gasteiger partial charge in [-0.3, -0.25) is 0 Å². The molecule has 2 N–H and O–H groups in total. The van der Waals surface area contributed by atoms with Gasteiger partial charge in [-0.05, 0) is 19.8 Å². The summed E-state index contributed by atoms with van der Waals surface area (Å²) in [5.41, 5.74) is 0.272. The monoisotopic (exact) mass is 255 g/mol. The summed E-state index contributed by atoms with van der Waals surface area (Å²) in [7, 11) is 0. The van der Waals surface area contributed by atoms with Crippen molar-refractivity contribution in [2.45, 2.75) is 25.1 Å². The van der Waals surface area contributed by atoms with Crippen LogP contribution in [0.4, 0.5) is 5.82 Å². The summed E-state index contributed by atoms with van der Waals surface area (Å²) in [5.74, 6) is 0.707. The highest BCUT2D eigenvalue weighted by Crippen LogP contribution is 2.07. The molecule has 6 nitrogen and oxygen atoms in total. The number of nitrogens with zero attached hydrogens (tertiary/aromatic N) is 3. The van der Waals surface area contributed by atoms with E-state index < -0.39 is 0 Å². The number of fused-ring (bicyclic) bond motifs is 1. The fourth-order valence-corrected chi connectivity index (χ4v) is 1.66. The van der Waals surface area contributed by atoms with Gasteiger partial charge in [0.2, 0.25) is 0 Å². The van der Waals surface area contributed by atoms with Crippen LogP contribution in [0.15, 0.2) is 17.2 Å². The smallest absolute Gasteiger partial charge is 0.348 e. The van der Waals surface area contributed by atoms with Gasteiger partial charge < -0.3 is 5.32 Å². The Morgan fingerprint density at radius 2 is 2.47 bits per heavy atom. The first-order chi connectivity index (χ1) is 8.16. The lowest BCUT2D eigenvalue weighted by molar-refractivity contribution is 0.748. The maximum atomic E-state index is 11.2. The standard InChI is InChI=1S/C10H14ClN5O/c1-7(11)3-2-4-12-8-5-9-14-15-10(17)16(9)6-13-8/h5-7,12H,2-4H2,1H3,(H,15,17). The zero-order valence-electron chi connectivity index (χ0n) is 9.48. The molecule has 0 aliphatic rings. The van der Waals surface area contributed by atoms with Crippen LogP contribution in [0, 0.1) is 0 Å². The third kappa shape index (κ3) is 2.97. The number of hydrogen-bond acceptors (Lipinski definition) is 4. The first kappa shape index (κ1) is 11.9. The van der Waals surface area contributed by atoms with E-state index in [0.29, 0.717) is 11.5 Å². The molecule has 2 rings (SSSR count). The summed E-state index contributed by atoms with van der Waals surface area (Å²) in [6, 6.07) is 1.72. The molecule has 0 aliphatic carbocycles. The van der Waals surface area contributed by atoms with Gasteiger partial charge in [0, 0.05) is 18.0 Å². The third-order valence-electron chi connectivity index (χ3n) is 2.39. The number of alkyl halides is 1. The molecule has 0 fully saturated rings. The Morgan fingerprint density at radius 3 is 3.24 bits per heavy atom. The van der Waals surface area contributed by atoms with Crippen molar-refractivity contribution in [3.63, 3.8) is 0 Å². The highest BCUT2D eigenvalue weighted by Gasteiger charge is 2.02. The van der Waals surface area contributed by atoms with Gasteiger partial charge in [0.25, 0.3) is 0 Å². The molecule has 2 heterocycles. The van der Waals surface area contributed by atoms with Gasteiger partial charge in [-0.25, -0.2) is 19.3 Å². The molecular weight excluding hydrogens is 242 g/mol. The van der Waals surface area contributed by atoms with E-state index in [-0.39, 0.29) is 11.1 Å². The second-order valence-corrected chi connectivity index (χ2v) is 4.63. The lowest BCUT2D eigenvalue weighted by atomic mass is 10.2. The molecule has 0 radical (unpaired) electrons. The van der Waals surface area contributed by atoms with Crippen LogP contribution < -0.4 is 11.0 Å². The highest BCUT2D eigenvalue weighted by molar-refractivity contribution is 6.20. The summed E-state index contributed by atoms with van der Waals surface area (Å²) in [6.45, 7) is 2.77. The predicted molar refractivity (Wildman–Crippen MR) is 66.6 cm³/mol. The van der Waals surface area contributed by atoms with Crippen molar-refractivity contribution in [2.24, 2.45) is 0 Å². The van der Waals surface area contributed by atoms with Crippen molar-refractivity contribution >= 4 is 23.1 Å². The van der Waals surface area contributed by atoms with Crippen LogP contribution in [0.2, 0.25) is 0 Å². The minimum absolute atomic E-state index is 0.192. The number of nitrogens with one attached hydrogen (secondary N) is 2. The van der Waals surface area contributed by atoms with Gasteiger partial charge in [0.15, 0.2) is 5.65 Å². The second-order valence-electron chi connectivity index (χ2n) is 3.88. The van der Waals surface area contributed by atoms with Crippen LogP contribution in [0.5, 0.6) is 0 Å². The average Bonchev–Trinajstić information content (AvgIpc) is 2.66. The third-order valence-corrected chi connectivity index (χ3v) is 2.61. The molecule has 1 unspecified atom stereocenters. The first-order valence-corrected chi connectivity index (χ1v) is 5.91. The number of aromatic amines is 1. The molecule has 7 heteroatoms. The van der Waals surface area contributed by atoms with Gasteiger partial charge >= 0.3 is 5.69 Å². The molecule has 0 saturated heterocycles. The SMILES string of the molecule is CC(Cl)CCCNc1cc2n[nH]c(=O)n2cn1. The quantitative estimate of drug-likeness (QED) is 0.623. The maximum Gasteiger partial charge on any atom is 0.348 e. The predicted octanol–water partition coefficient (Wildman–Crippen LogP) is 1.24. The number of rotatable bonds is 5. The summed E-state index contributed by atoms with van der Waals surface area (Å²) in [5, 5.41) is 9.57. The molecule has 0 saturated carbocycles. The number of aromatic nitrogens is 4. The Labute approximate surface area is 103 Å². The van der Waals surface area contributed by atoms with Crippen LogP contribution in [0.25, 0.3) is 5.65 Å². The minimum atomic E-state index is -0.282. The van der Waals surface area contributed by atoms with Gasteiger partial charge in [0.1, 0.15) is 12.1 Å². The molecule has 17 heavy (non-hydrogen) atoms. The molecule has 2 aromatic rings. The number of anilines is 1. The molecule has 92 valence electrons. The Morgan fingerprint density at radius 1 is 1.65 bits per heavy atom. The maximum absolute atomic E-state index is 11.2. The summed E-state index contributed by atoms with van der Waals surface area (Å²) >= 11 is 5.84. The Kier molecular flexibility index (Phi) is 3.63. The lowest BCUT2D eigenvalue weighted by Gasteiger charge is -2.06. The van der Waals surface area contributed by atoms with E-state index in [4.69, 9.17) is 11.6 Å². The fourth-order valence-electron chi connectivity index (χ4n) is 1.51. The molecule has 1 atom stereocenters. The Bertz CT molecular complexity index is 547. The van der Waals surface area contributed by atoms with E-state index in [0.717, 1.165) is 19.4 Å². The number of H-pyrrole nitrogens is 1. The molecule has 0 amide bonds. The van der Waals surface area contributed by atoms with Gasteiger partial charge in [-0.15, -0.1) is 11.6 Å². The van der Waals surface area contributed by atoms with E-state index in [9.17, 15) is 4.79 Å². The summed E-state index contributed by atoms with van der Waals surface area (Å²) in [6.07, 6.45) is 3.39. The molecule has 0 bridgehead atoms. The van der Waals surface area contributed by atoms with Crippen LogP contribution in [0.1, 0.15) is 19.8 Å². The van der Waals surface area contributed by atoms with E-state index in [1.54, 1.807) is 6.07 Å². The molecule has 0 aromatic carbocycles. The van der Waals surface area contributed by atoms with Crippen LogP contribution in [0.3, 0.4) is 0 Å². The summed E-state index contributed by atoms with van der Waals surface area (Å²) in [4.78, 5) is 15.3. The minimum Gasteiger partial charge on any atom is -0.370 e. The zero-order valence-corrected chi connectivity index (χ0v) is 10.2. The fraction of sp³-hybridized carbons (Fsp3) is 0.500. The Hall–Kier alpha value is -1.56. The van der Waals surface area contributed by atoms with E-state index >= 15 is 0 Å². The van der Waals surface area contributed by atoms with Crippen molar-refractivity contribution in [3.05, 3.63) is 22.9 Å². The molecule has 0 aliphatic heterocycles. The highest BCUT2D eigenvalue weighted by atomic mass is 35.5. The summed E-state index contributed by atoms with van der Waals surface area (Å²) < 4.78 is 1.35. The van der Waals surface area contributed by atoms with Gasteiger partial charge in [-0.1, -0.05) is 0 Å². The van der Waals surface area contributed by atoms with Crippen molar-refractivity contribution in [1.82, 2.24) is 19.6 Å². The normalized spacial score (nSPS) is 12.8. The van der Waals surface area contributed by atoms with Crippen molar-refractivity contribution in [3.8, 4) is 0 Å². The first-order valence-electron chi connectivity index (χ1n) is 5.47. The Balaban J connectivity index is 1.97. The van der Waals surface area contributed by atoms with Crippen molar-refractivity contribution in [2.75, 3.05) is 11.9 Å². The largest absolute Gasteiger partial charge is 0.370 e. The van der Waals surface area contributed by atoms with Gasteiger partial charge in [0.05, 0.1) is 0 Å². The van der Waals surface area contributed by atoms with Crippen molar-refractivity contribution in [1.29, 1.82) is 0 Å². The number of halogens is 1. The average molecular weight is 256 g/mol. The topological polar surface area (TPSA) is 75.1 Å². The van der Waals surface area contributed by atoms with Crippen LogP contribution in [-0.4, -0.2) is 31.5 Å². The van der Waals surface area contributed by atoms with Crippen LogP contribution in [-0.2, 0) is 0 Å². The molecular formula is C10H14ClN5O.